The molecule has 19 N–H and O–H groups in total. The van der Waals surface area contributed by atoms with Gasteiger partial charge in [0.2, 0.25) is 53.4 Å². The molecule has 682 valence electrons. The Morgan fingerprint density at radius 2 is 1.27 bits per heavy atom. The first-order valence-electron chi connectivity index (χ1n) is 40.6. The predicted octanol–water partition coefficient (Wildman–Crippen LogP) is 6.93. The second kappa shape index (κ2) is 40.2. The van der Waals surface area contributed by atoms with E-state index < -0.39 is 230 Å². The molecule has 8 aromatic rings. The first-order chi connectivity index (χ1) is 60.5. The third-order valence-corrected chi connectivity index (χ3v) is 24.8. The minimum Gasteiger partial charge on any atom is -0.508 e. The van der Waals surface area contributed by atoms with E-state index in [2.05, 4.69) is 42.5 Å². The summed E-state index contributed by atoms with van der Waals surface area (Å²) in [6.45, 7) is 12.1. The molecule has 2 saturated heterocycles. The van der Waals surface area contributed by atoms with Gasteiger partial charge in [-0.15, -0.1) is 0 Å². The van der Waals surface area contributed by atoms with Crippen molar-refractivity contribution in [2.75, 3.05) is 13.7 Å². The Kier molecular flexibility index (Phi) is 30.1. The number of aliphatic carboxylic acids is 1. The number of benzene rings is 8. The van der Waals surface area contributed by atoms with Gasteiger partial charge < -0.3 is 123 Å². The number of carboxylic acids is 1. The van der Waals surface area contributed by atoms with E-state index in [9.17, 15) is 78.3 Å². The van der Waals surface area contributed by atoms with Gasteiger partial charge in [0.05, 0.1) is 46.2 Å². The van der Waals surface area contributed by atoms with E-state index in [1.165, 1.54) is 37.4 Å². The van der Waals surface area contributed by atoms with Crippen molar-refractivity contribution in [3.8, 4) is 68.2 Å². The first kappa shape index (κ1) is 95.8. The Balaban J connectivity index is 0.986. The van der Waals surface area contributed by atoms with Crippen LogP contribution in [0.3, 0.4) is 0 Å². The summed E-state index contributed by atoms with van der Waals surface area (Å²) in [6, 6.07) is 20.1. The first-order valence-corrected chi connectivity index (χ1v) is 43.1. The molecule has 18 unspecified atom stereocenters. The summed E-state index contributed by atoms with van der Waals surface area (Å²) in [4.78, 5) is 115. The minimum atomic E-state index is -4.72. The molecule has 0 saturated carbocycles. The Hall–Kier alpha value is -11.3. The number of aromatic hydroxyl groups is 3. The zero-order chi connectivity index (χ0) is 93.0. The summed E-state index contributed by atoms with van der Waals surface area (Å²) >= 11 is 20.5. The molecular weight excluding hydrogens is 1750 g/mol. The molecule has 6 aliphatic heterocycles. The smallest absolute Gasteiger partial charge is 0.330 e. The van der Waals surface area contributed by atoms with Crippen LogP contribution in [0.2, 0.25) is 15.1 Å². The van der Waals surface area contributed by atoms with Crippen LogP contribution in [0, 0.1) is 26.7 Å². The number of amides is 7. The summed E-state index contributed by atoms with van der Waals surface area (Å²) in [5.41, 5.74) is 6.02. The van der Waals surface area contributed by atoms with Crippen molar-refractivity contribution in [2.45, 2.75) is 195 Å². The number of halogens is 3. The van der Waals surface area contributed by atoms with E-state index in [1.807, 2.05) is 50.2 Å². The van der Waals surface area contributed by atoms with E-state index in [-0.39, 0.29) is 69.2 Å². The molecule has 8 aromatic carbocycles. The molecule has 14 rings (SSSR count). The van der Waals surface area contributed by atoms with Crippen LogP contribution < -0.4 is 62.5 Å². The van der Waals surface area contributed by atoms with Gasteiger partial charge in [0.15, 0.2) is 29.9 Å². The summed E-state index contributed by atoms with van der Waals surface area (Å²) in [7, 11) is -3.25. The van der Waals surface area contributed by atoms with Crippen molar-refractivity contribution in [3.05, 3.63) is 205 Å². The van der Waals surface area contributed by atoms with Crippen molar-refractivity contribution in [1.82, 2.24) is 42.5 Å². The lowest BCUT2D eigenvalue weighted by atomic mass is 9.84. The number of carboxylic acid groups (broad SMARTS) is 1. The maximum Gasteiger partial charge on any atom is 0.330 e. The van der Waals surface area contributed by atoms with Crippen LogP contribution in [0.25, 0.3) is 22.3 Å². The summed E-state index contributed by atoms with van der Waals surface area (Å²) in [5, 5.41) is 127. The second-order valence-electron chi connectivity index (χ2n) is 32.5. The molecular formula is C89H98Cl3N9O26S. The zero-order valence-corrected chi connectivity index (χ0v) is 73.5. The lowest BCUT2D eigenvalue weighted by Crippen LogP contribution is -2.65. The van der Waals surface area contributed by atoms with Gasteiger partial charge in [0.25, 0.3) is 10.1 Å². The number of carbonyl (C=O) groups excluding carboxylic acids is 7. The normalized spacial score (nSPS) is 25.7. The number of fused-ring (bicyclic) bond motifs is 6. The van der Waals surface area contributed by atoms with Gasteiger partial charge in [0.1, 0.15) is 89.5 Å². The highest BCUT2D eigenvalue weighted by Crippen LogP contribution is 2.49. The number of hydrogen-bond donors (Lipinski definition) is 18. The van der Waals surface area contributed by atoms with Gasteiger partial charge in [-0.2, -0.15) is 8.42 Å². The summed E-state index contributed by atoms with van der Waals surface area (Å²) < 4.78 is 74.0. The number of primary amides is 1. The van der Waals surface area contributed by atoms with Crippen LogP contribution in [0.1, 0.15) is 123 Å². The number of aliphatic hydroxyl groups excluding tert-OH is 5. The van der Waals surface area contributed by atoms with Crippen LogP contribution in [0.15, 0.2) is 150 Å². The Bertz CT molecular complexity index is 5640. The van der Waals surface area contributed by atoms with Crippen molar-refractivity contribution in [2.24, 2.45) is 11.7 Å². The Morgan fingerprint density at radius 1 is 0.664 bits per heavy atom. The van der Waals surface area contributed by atoms with Crippen LogP contribution in [0.5, 0.6) is 46.0 Å². The topological polar surface area (TPSA) is 540 Å². The van der Waals surface area contributed by atoms with Crippen molar-refractivity contribution in [1.29, 1.82) is 0 Å². The Morgan fingerprint density at radius 3 is 1.87 bits per heavy atom. The van der Waals surface area contributed by atoms with Crippen LogP contribution in [-0.2, 0) is 73.4 Å². The minimum absolute atomic E-state index is 0.135. The maximum atomic E-state index is 15.3. The molecule has 128 heavy (non-hydrogen) atoms. The van der Waals surface area contributed by atoms with Gasteiger partial charge in [-0.1, -0.05) is 127 Å². The molecule has 18 atom stereocenters. The number of nitrogens with one attached hydrogen (secondary N) is 8. The molecule has 10 bridgehead atoms. The average molecular weight is 1850 g/mol. The van der Waals surface area contributed by atoms with E-state index in [1.54, 1.807) is 58.9 Å². The lowest BCUT2D eigenvalue weighted by molar-refractivity contribution is -0.334. The number of rotatable bonds is 20. The number of aliphatic hydroxyl groups is 5. The maximum absolute atomic E-state index is 15.3. The highest BCUT2D eigenvalue weighted by atomic mass is 35.5. The number of carbonyl (C=O) groups is 8. The molecule has 35 nitrogen and oxygen atoms in total. The lowest BCUT2D eigenvalue weighted by Gasteiger charge is -2.48. The fourth-order valence-electron chi connectivity index (χ4n) is 15.8. The number of phenolic OH excluding ortho intramolecular Hbond substituents is 3. The molecule has 2 fully saturated rings. The number of aryl methyl sites for hydroxylation is 3. The molecule has 7 amide bonds. The zero-order valence-electron chi connectivity index (χ0n) is 70.4. The molecule has 6 aliphatic rings. The standard InChI is InChI=1S/C89H98Cl3N9O26S/c1-39(2)27-57(94-9)82(112)100-71-73(106)49-20-25-61(55(91)31-49)123-63-11-10-12-64(77(63)127-88-78(76(109)75(108)65(125-88)38-121-128(119,120)79-41(4)28-40(3)29-42(79)5)126-67-36-89(8,80(110)44(7)122-67)95-37-45-13-15-46(16-14-45)47-17-22-51(90)23-18-47)124-62-26-21-50(32-56(62)92)74(107)72-86(116)99-70(87(117)118)54-33-52(102)34-60(104)68(54)53-30-48(19-24-59(53)103)69(84(114)101-72)98-81(111)43(6)96-83(113)58(35-66(93)105)97-85(71)115/h10-26,28-34,39,43-44,57-58,65,67,69-76,78,80,88,94-95,102-104,106-110H,27,35-38H2,1-9H3,(H2,93,105)(H,96,113)(H,97,115)(H,98,111)(H,99,116)(H,100,112)(H,101,114)(H,117,118). The van der Waals surface area contributed by atoms with Gasteiger partial charge in [-0.25, -0.2) is 4.79 Å². The van der Waals surface area contributed by atoms with E-state index in [4.69, 9.17) is 73.1 Å². The van der Waals surface area contributed by atoms with Crippen molar-refractivity contribution < 1.29 is 125 Å². The number of likely N-dealkylation sites (N-methyl/N-ethyl adjacent to an activating group) is 1. The number of hydrogen-bond acceptors (Lipinski definition) is 27. The molecule has 0 radical (unpaired) electrons. The number of phenols is 3. The molecule has 0 aliphatic carbocycles. The second-order valence-corrected chi connectivity index (χ2v) is 35.3. The largest absolute Gasteiger partial charge is 0.508 e. The SMILES string of the molecule is CNC(CC(C)C)C(=O)NC1C(=O)NC(CC(N)=O)C(=O)NC(C)C(=O)NC2C(=O)NC(C(=O)NC(C(=O)O)c3cc(O)cc(O)c3-c3cc2ccc3O)C(O)c2ccc(c(Cl)c2)Oc2cccc(c2OC2OC(COS(=O)(=O)c3c(C)cc(C)cc3C)C(O)C(O)C2OC2CC(C)(NCc3ccc(-c4ccc(Cl)cc4)cc3)C(O)C(C)O2)Oc2ccc(cc2Cl)C1O. The Labute approximate surface area is 749 Å². The molecule has 39 heteroatoms. The quantitative estimate of drug-likeness (QED) is 0.0344. The van der Waals surface area contributed by atoms with E-state index in [0.29, 0.717) is 16.1 Å². The number of nitrogens with two attached hydrogens (primary N) is 1. The predicted molar refractivity (Wildman–Crippen MR) is 462 cm³/mol. The third kappa shape index (κ3) is 21.8. The van der Waals surface area contributed by atoms with Gasteiger partial charge in [-0.05, 0) is 172 Å². The van der Waals surface area contributed by atoms with Gasteiger partial charge >= 0.3 is 5.97 Å². The van der Waals surface area contributed by atoms with Crippen molar-refractivity contribution >= 4 is 92.2 Å². The molecule has 0 spiro atoms. The monoisotopic (exact) mass is 1850 g/mol. The van der Waals surface area contributed by atoms with Crippen LogP contribution >= 0.6 is 34.8 Å². The highest BCUT2D eigenvalue weighted by Gasteiger charge is 2.53. The van der Waals surface area contributed by atoms with Gasteiger partial charge in [-0.3, -0.25) is 37.7 Å². The van der Waals surface area contributed by atoms with Gasteiger partial charge in [0, 0.05) is 46.3 Å². The number of ether oxygens (including phenoxy) is 6. The van der Waals surface area contributed by atoms with E-state index in [0.717, 1.165) is 83.8 Å². The molecule has 0 aromatic heterocycles. The van der Waals surface area contributed by atoms with Crippen LogP contribution in [-0.4, -0.2) is 200 Å². The summed E-state index contributed by atoms with van der Waals surface area (Å²) in [5.74, 6) is -15.0. The van der Waals surface area contributed by atoms with E-state index >= 15 is 14.4 Å². The highest BCUT2D eigenvalue weighted by molar-refractivity contribution is 7.86. The number of para-hydroxylation sites is 1. The molecule has 6 heterocycles. The average Bonchev–Trinajstić information content (AvgIpc) is 0.767. The van der Waals surface area contributed by atoms with Crippen LogP contribution in [0.4, 0.5) is 0 Å². The fraction of sp³-hybridized carbons (Fsp3) is 0.371. The summed E-state index contributed by atoms with van der Waals surface area (Å²) in [6.07, 6.45) is -19.2. The fourth-order valence-corrected chi connectivity index (χ4v) is 17.7. The van der Waals surface area contributed by atoms with Crippen molar-refractivity contribution in [3.63, 3.8) is 0 Å². The third-order valence-electron chi connectivity index (χ3n) is 22.4.